The molecule has 1 saturated heterocycles. The molecular weight excluding hydrogens is 412 g/mol. The summed E-state index contributed by atoms with van der Waals surface area (Å²) in [6, 6.07) is 9.48. The van der Waals surface area contributed by atoms with Gasteiger partial charge in [-0.2, -0.15) is 0 Å². The van der Waals surface area contributed by atoms with E-state index in [1.165, 1.54) is 0 Å². The lowest BCUT2D eigenvalue weighted by atomic mass is 10.2. The Morgan fingerprint density at radius 1 is 1.10 bits per heavy atom. The molecule has 2 aromatic heterocycles. The second-order valence-electron chi connectivity index (χ2n) is 7.98. The van der Waals surface area contributed by atoms with Crippen LogP contribution in [0.1, 0.15) is 23.2 Å². The van der Waals surface area contributed by atoms with E-state index in [-0.39, 0.29) is 11.8 Å². The number of hydrogen-bond acceptors (Lipinski definition) is 7. The van der Waals surface area contributed by atoms with Gasteiger partial charge in [-0.3, -0.25) is 14.5 Å². The van der Waals surface area contributed by atoms with Gasteiger partial charge in [-0.05, 0) is 42.5 Å². The zero-order valence-electron chi connectivity index (χ0n) is 17.1. The summed E-state index contributed by atoms with van der Waals surface area (Å²) < 4.78 is 0. The van der Waals surface area contributed by atoms with Crippen LogP contribution < -0.4 is 15.5 Å². The van der Waals surface area contributed by atoms with Crippen molar-refractivity contribution in [2.24, 2.45) is 0 Å². The summed E-state index contributed by atoms with van der Waals surface area (Å²) in [5.41, 5.74) is 1.22. The zero-order chi connectivity index (χ0) is 21.2. The molecule has 2 fully saturated rings. The molecule has 0 spiro atoms. The maximum Gasteiger partial charge on any atom is 0.251 e. The molecule has 1 aromatic carbocycles. The van der Waals surface area contributed by atoms with Crippen molar-refractivity contribution in [3.8, 4) is 0 Å². The summed E-state index contributed by atoms with van der Waals surface area (Å²) >= 11 is 1.62. The van der Waals surface area contributed by atoms with Crippen LogP contribution in [-0.4, -0.2) is 65.4 Å². The molecule has 2 amide bonds. The minimum Gasteiger partial charge on any atom is -0.353 e. The lowest BCUT2D eigenvalue weighted by Gasteiger charge is -2.35. The second kappa shape index (κ2) is 8.60. The third kappa shape index (κ3) is 4.67. The SMILES string of the molecule is O=C(CN1CCN(c2ncnc3sccc23)CC1)Nc1cccc(C(=O)NC2CC2)c1. The van der Waals surface area contributed by atoms with Gasteiger partial charge < -0.3 is 15.5 Å². The van der Waals surface area contributed by atoms with Gasteiger partial charge in [-0.25, -0.2) is 9.97 Å². The Morgan fingerprint density at radius 3 is 2.74 bits per heavy atom. The van der Waals surface area contributed by atoms with Crippen LogP contribution in [0.15, 0.2) is 42.0 Å². The topological polar surface area (TPSA) is 90.5 Å². The van der Waals surface area contributed by atoms with Crippen molar-refractivity contribution in [1.29, 1.82) is 0 Å². The molecule has 8 nitrogen and oxygen atoms in total. The number of nitrogens with one attached hydrogen (secondary N) is 2. The molecule has 2 aliphatic rings. The monoisotopic (exact) mass is 436 g/mol. The highest BCUT2D eigenvalue weighted by Crippen LogP contribution is 2.27. The van der Waals surface area contributed by atoms with E-state index in [2.05, 4.69) is 36.5 Å². The first-order chi connectivity index (χ1) is 15.2. The standard InChI is InChI=1S/C22H24N6O2S/c29-19(25-17-3-1-2-15(12-17)21(30)26-16-4-5-16)13-27-7-9-28(10-8-27)20-18-6-11-31-22(18)24-14-23-20/h1-3,6,11-12,14,16H,4-5,7-10,13H2,(H,25,29)(H,26,30). The van der Waals surface area contributed by atoms with Crippen LogP contribution in [0.4, 0.5) is 11.5 Å². The van der Waals surface area contributed by atoms with E-state index in [1.807, 2.05) is 11.4 Å². The summed E-state index contributed by atoms with van der Waals surface area (Å²) in [5, 5.41) is 9.02. The molecule has 1 aliphatic carbocycles. The summed E-state index contributed by atoms with van der Waals surface area (Å²) in [4.78, 5) is 39.0. The second-order valence-corrected chi connectivity index (χ2v) is 8.87. The van der Waals surface area contributed by atoms with E-state index in [1.54, 1.807) is 35.9 Å². The van der Waals surface area contributed by atoms with Crippen molar-refractivity contribution in [1.82, 2.24) is 20.2 Å². The number of hydrogen-bond donors (Lipinski definition) is 2. The van der Waals surface area contributed by atoms with E-state index in [0.29, 0.717) is 23.8 Å². The van der Waals surface area contributed by atoms with Gasteiger partial charge in [-0.1, -0.05) is 6.07 Å². The zero-order valence-corrected chi connectivity index (χ0v) is 17.9. The smallest absolute Gasteiger partial charge is 0.251 e. The largest absolute Gasteiger partial charge is 0.353 e. The molecule has 31 heavy (non-hydrogen) atoms. The lowest BCUT2D eigenvalue weighted by molar-refractivity contribution is -0.117. The normalized spacial score (nSPS) is 17.0. The lowest BCUT2D eigenvalue weighted by Crippen LogP contribution is -2.49. The summed E-state index contributed by atoms with van der Waals surface area (Å²) in [6.45, 7) is 3.52. The molecular formula is C22H24N6O2S. The fraction of sp³-hybridized carbons (Fsp3) is 0.364. The molecule has 160 valence electrons. The van der Waals surface area contributed by atoms with Gasteiger partial charge >= 0.3 is 0 Å². The van der Waals surface area contributed by atoms with Crippen molar-refractivity contribution in [2.45, 2.75) is 18.9 Å². The molecule has 9 heteroatoms. The van der Waals surface area contributed by atoms with Crippen LogP contribution in [0.2, 0.25) is 0 Å². The van der Waals surface area contributed by atoms with E-state index in [0.717, 1.165) is 55.1 Å². The Hall–Kier alpha value is -3.04. The van der Waals surface area contributed by atoms with Crippen LogP contribution in [-0.2, 0) is 4.79 Å². The third-order valence-electron chi connectivity index (χ3n) is 5.60. The Morgan fingerprint density at radius 2 is 1.94 bits per heavy atom. The van der Waals surface area contributed by atoms with Crippen molar-refractivity contribution in [2.75, 3.05) is 42.9 Å². The van der Waals surface area contributed by atoms with Crippen molar-refractivity contribution in [3.63, 3.8) is 0 Å². The fourth-order valence-corrected chi connectivity index (χ4v) is 4.51. The number of benzene rings is 1. The average molecular weight is 437 g/mol. The van der Waals surface area contributed by atoms with E-state index < -0.39 is 0 Å². The van der Waals surface area contributed by atoms with Gasteiger partial charge in [-0.15, -0.1) is 11.3 Å². The highest BCUT2D eigenvalue weighted by molar-refractivity contribution is 7.16. The molecule has 0 unspecified atom stereocenters. The summed E-state index contributed by atoms with van der Waals surface area (Å²) in [5.74, 6) is 0.811. The van der Waals surface area contributed by atoms with Gasteiger partial charge in [0.05, 0.1) is 11.9 Å². The fourth-order valence-electron chi connectivity index (χ4n) is 3.78. The van der Waals surface area contributed by atoms with Crippen LogP contribution >= 0.6 is 11.3 Å². The van der Waals surface area contributed by atoms with Crippen LogP contribution in [0.5, 0.6) is 0 Å². The number of carbonyl (C=O) groups excluding carboxylic acids is 2. The van der Waals surface area contributed by atoms with Crippen LogP contribution in [0.3, 0.4) is 0 Å². The number of piperazine rings is 1. The predicted octanol–water partition coefficient (Wildman–Crippen LogP) is 2.34. The Balaban J connectivity index is 1.14. The van der Waals surface area contributed by atoms with Gasteiger partial charge in [0.15, 0.2) is 0 Å². The number of rotatable bonds is 6. The number of fused-ring (bicyclic) bond motifs is 1. The Labute approximate surface area is 184 Å². The van der Waals surface area contributed by atoms with Crippen molar-refractivity contribution >= 4 is 44.9 Å². The molecule has 0 bridgehead atoms. The third-order valence-corrected chi connectivity index (χ3v) is 6.42. The Bertz CT molecular complexity index is 1100. The van der Waals surface area contributed by atoms with Crippen molar-refractivity contribution in [3.05, 3.63) is 47.6 Å². The molecule has 1 aliphatic heterocycles. The van der Waals surface area contributed by atoms with E-state index in [9.17, 15) is 9.59 Å². The van der Waals surface area contributed by atoms with Gasteiger partial charge in [0.25, 0.3) is 5.91 Å². The molecule has 3 aromatic rings. The number of aromatic nitrogens is 2. The molecule has 5 rings (SSSR count). The first-order valence-corrected chi connectivity index (χ1v) is 11.4. The van der Waals surface area contributed by atoms with Gasteiger partial charge in [0.1, 0.15) is 17.0 Å². The quantitative estimate of drug-likeness (QED) is 0.617. The van der Waals surface area contributed by atoms with Gasteiger partial charge in [0, 0.05) is 43.5 Å². The molecule has 0 radical (unpaired) electrons. The minimum atomic E-state index is -0.0841. The van der Waals surface area contributed by atoms with Crippen molar-refractivity contribution < 1.29 is 9.59 Å². The molecule has 0 atom stereocenters. The Kier molecular flexibility index (Phi) is 5.52. The number of carbonyl (C=O) groups is 2. The molecule has 3 heterocycles. The molecule has 1 saturated carbocycles. The predicted molar refractivity (Wildman–Crippen MR) is 122 cm³/mol. The number of amides is 2. The summed E-state index contributed by atoms with van der Waals surface area (Å²) in [6.07, 6.45) is 3.71. The van der Waals surface area contributed by atoms with E-state index in [4.69, 9.17) is 0 Å². The van der Waals surface area contributed by atoms with Crippen LogP contribution in [0, 0.1) is 0 Å². The summed E-state index contributed by atoms with van der Waals surface area (Å²) in [7, 11) is 0. The average Bonchev–Trinajstić information content (AvgIpc) is 3.46. The first-order valence-electron chi connectivity index (χ1n) is 10.5. The molecule has 2 N–H and O–H groups in total. The number of nitrogens with zero attached hydrogens (tertiary/aromatic N) is 4. The maximum absolute atomic E-state index is 12.6. The maximum atomic E-state index is 12.6. The number of thiophene rings is 1. The van der Waals surface area contributed by atoms with Crippen LogP contribution in [0.25, 0.3) is 10.2 Å². The first kappa shape index (κ1) is 19.9. The highest BCUT2D eigenvalue weighted by Gasteiger charge is 2.24. The number of anilines is 2. The minimum absolute atomic E-state index is 0.0736. The van der Waals surface area contributed by atoms with Gasteiger partial charge in [0.2, 0.25) is 5.91 Å². The van der Waals surface area contributed by atoms with E-state index >= 15 is 0 Å². The highest BCUT2D eigenvalue weighted by atomic mass is 32.1.